The summed E-state index contributed by atoms with van der Waals surface area (Å²) in [5.74, 6) is -1.18. The molecular formula is C23H27ClN4O8. The highest BCUT2D eigenvalue weighted by Gasteiger charge is 2.23. The van der Waals surface area contributed by atoms with Crippen molar-refractivity contribution in [2.75, 3.05) is 51.3 Å². The molecule has 0 saturated carbocycles. The molecule has 1 aliphatic heterocycles. The highest BCUT2D eigenvalue weighted by molar-refractivity contribution is 6.33. The van der Waals surface area contributed by atoms with Crippen molar-refractivity contribution in [3.05, 3.63) is 72.8 Å². The quantitative estimate of drug-likeness (QED) is 0.297. The maximum absolute atomic E-state index is 12.1. The van der Waals surface area contributed by atoms with E-state index >= 15 is 0 Å². The molecule has 0 N–H and O–H groups in total. The van der Waals surface area contributed by atoms with Gasteiger partial charge in [0.1, 0.15) is 0 Å². The number of benzene rings is 2. The molecule has 13 heteroatoms. The normalized spacial score (nSPS) is 13.3. The molecule has 0 aromatic heterocycles. The Morgan fingerprint density at radius 2 is 1.33 bits per heavy atom. The SMILES string of the molecule is CCOC(=O)c1cc([N+](=O)[O-])ccc1Cl.CCOC(=O)c1cc([N+](=O)[O-])ccc1N1CCN(C)CC1. The third-order valence-electron chi connectivity index (χ3n) is 5.19. The van der Waals surface area contributed by atoms with E-state index in [0.29, 0.717) is 5.69 Å². The van der Waals surface area contributed by atoms with Crippen LogP contribution in [0.25, 0.3) is 0 Å². The van der Waals surface area contributed by atoms with Gasteiger partial charge in [-0.1, -0.05) is 11.6 Å². The summed E-state index contributed by atoms with van der Waals surface area (Å²) in [5.41, 5.74) is 0.675. The molecule has 1 saturated heterocycles. The first kappa shape index (κ1) is 28.5. The van der Waals surface area contributed by atoms with E-state index < -0.39 is 21.8 Å². The third-order valence-corrected chi connectivity index (χ3v) is 5.52. The number of rotatable bonds is 7. The van der Waals surface area contributed by atoms with Gasteiger partial charge in [-0.25, -0.2) is 9.59 Å². The average molecular weight is 523 g/mol. The van der Waals surface area contributed by atoms with E-state index in [-0.39, 0.29) is 40.7 Å². The number of carbonyl (C=O) groups excluding carboxylic acids is 2. The molecule has 12 nitrogen and oxygen atoms in total. The summed E-state index contributed by atoms with van der Waals surface area (Å²) in [6.45, 7) is 7.12. The molecule has 36 heavy (non-hydrogen) atoms. The van der Waals surface area contributed by atoms with Crippen molar-refractivity contribution in [1.82, 2.24) is 4.90 Å². The van der Waals surface area contributed by atoms with Gasteiger partial charge in [-0.15, -0.1) is 0 Å². The minimum absolute atomic E-state index is 0.00715. The van der Waals surface area contributed by atoms with E-state index in [2.05, 4.69) is 9.80 Å². The Hall–Kier alpha value is -3.77. The number of piperazine rings is 1. The lowest BCUT2D eigenvalue weighted by Crippen LogP contribution is -2.45. The lowest BCUT2D eigenvalue weighted by Gasteiger charge is -2.34. The Morgan fingerprint density at radius 1 is 0.861 bits per heavy atom. The molecule has 1 fully saturated rings. The van der Waals surface area contributed by atoms with Gasteiger partial charge in [0.25, 0.3) is 11.4 Å². The zero-order valence-corrected chi connectivity index (χ0v) is 20.9. The second-order valence-electron chi connectivity index (χ2n) is 7.61. The van der Waals surface area contributed by atoms with Gasteiger partial charge in [-0.05, 0) is 33.0 Å². The highest BCUT2D eigenvalue weighted by atomic mass is 35.5. The van der Waals surface area contributed by atoms with E-state index in [1.54, 1.807) is 19.9 Å². The number of anilines is 1. The monoisotopic (exact) mass is 522 g/mol. The fraction of sp³-hybridized carbons (Fsp3) is 0.391. The number of carbonyl (C=O) groups is 2. The molecule has 0 spiro atoms. The summed E-state index contributed by atoms with van der Waals surface area (Å²) in [4.78, 5) is 47.9. The van der Waals surface area contributed by atoms with Gasteiger partial charge >= 0.3 is 11.9 Å². The van der Waals surface area contributed by atoms with Gasteiger partial charge in [0, 0.05) is 50.4 Å². The van der Waals surface area contributed by atoms with Gasteiger partial charge in [0.05, 0.1) is 44.9 Å². The fourth-order valence-corrected chi connectivity index (χ4v) is 3.52. The number of nitrogens with zero attached hydrogens (tertiary/aromatic N) is 4. The molecule has 1 aliphatic rings. The average Bonchev–Trinajstić information content (AvgIpc) is 2.85. The molecule has 2 aromatic carbocycles. The molecule has 1 heterocycles. The second-order valence-corrected chi connectivity index (χ2v) is 8.02. The maximum atomic E-state index is 12.1. The Kier molecular flexibility index (Phi) is 10.6. The molecule has 3 rings (SSSR count). The minimum atomic E-state index is -0.661. The first-order chi connectivity index (χ1) is 17.1. The van der Waals surface area contributed by atoms with E-state index in [4.69, 9.17) is 21.1 Å². The van der Waals surface area contributed by atoms with E-state index in [9.17, 15) is 29.8 Å². The van der Waals surface area contributed by atoms with Crippen molar-refractivity contribution in [3.8, 4) is 0 Å². The molecular weight excluding hydrogens is 496 g/mol. The predicted octanol–water partition coefficient (Wildman–Crippen LogP) is 3.95. The number of nitro benzene ring substituents is 2. The maximum Gasteiger partial charge on any atom is 0.340 e. The van der Waals surface area contributed by atoms with Crippen molar-refractivity contribution in [2.45, 2.75) is 13.8 Å². The number of halogens is 1. The molecule has 0 unspecified atom stereocenters. The van der Waals surface area contributed by atoms with Crippen LogP contribution in [0.4, 0.5) is 17.1 Å². The molecule has 0 aliphatic carbocycles. The summed E-state index contributed by atoms with van der Waals surface area (Å²) < 4.78 is 9.71. The lowest BCUT2D eigenvalue weighted by atomic mass is 10.1. The van der Waals surface area contributed by atoms with Crippen LogP contribution in [0.15, 0.2) is 36.4 Å². The second kappa shape index (κ2) is 13.4. The van der Waals surface area contributed by atoms with Crippen LogP contribution in [0.5, 0.6) is 0 Å². The Morgan fingerprint density at radius 3 is 1.83 bits per heavy atom. The van der Waals surface area contributed by atoms with Crippen LogP contribution in [-0.2, 0) is 9.47 Å². The number of non-ortho nitro benzene ring substituents is 2. The number of likely N-dealkylation sites (N-methyl/N-ethyl adjacent to an activating group) is 1. The van der Waals surface area contributed by atoms with Crippen LogP contribution in [0.1, 0.15) is 34.6 Å². The lowest BCUT2D eigenvalue weighted by molar-refractivity contribution is -0.385. The summed E-state index contributed by atoms with van der Waals surface area (Å²) >= 11 is 5.71. The zero-order valence-electron chi connectivity index (χ0n) is 20.1. The molecule has 0 amide bonds. The van der Waals surface area contributed by atoms with Gasteiger partial charge in [0.2, 0.25) is 0 Å². The first-order valence-electron chi connectivity index (χ1n) is 11.1. The van der Waals surface area contributed by atoms with E-state index in [0.717, 1.165) is 32.2 Å². The van der Waals surface area contributed by atoms with Crippen LogP contribution in [0, 0.1) is 20.2 Å². The van der Waals surface area contributed by atoms with Crippen LogP contribution < -0.4 is 4.90 Å². The molecule has 2 aromatic rings. The van der Waals surface area contributed by atoms with Crippen LogP contribution >= 0.6 is 11.6 Å². The topological polar surface area (TPSA) is 145 Å². The van der Waals surface area contributed by atoms with Crippen molar-refractivity contribution in [2.24, 2.45) is 0 Å². The highest BCUT2D eigenvalue weighted by Crippen LogP contribution is 2.27. The van der Waals surface area contributed by atoms with Crippen molar-refractivity contribution in [1.29, 1.82) is 0 Å². The number of hydrogen-bond donors (Lipinski definition) is 0. The summed E-state index contributed by atoms with van der Waals surface area (Å²) in [5, 5.41) is 21.5. The van der Waals surface area contributed by atoms with Crippen LogP contribution in [-0.4, -0.2) is 73.1 Å². The molecule has 194 valence electrons. The zero-order chi connectivity index (χ0) is 26.8. The summed E-state index contributed by atoms with van der Waals surface area (Å²) in [6.07, 6.45) is 0. The summed E-state index contributed by atoms with van der Waals surface area (Å²) in [7, 11) is 2.04. The standard InChI is InChI=1S/C14H19N3O4.C9H8ClNO4/c1-3-21-14(18)12-10-11(17(19)20)4-5-13(12)16-8-6-15(2)7-9-16;1-2-15-9(12)7-5-6(11(13)14)3-4-8(7)10/h4-5,10H,3,6-9H2,1-2H3;3-5H,2H2,1H3. The smallest absolute Gasteiger partial charge is 0.340 e. The number of hydrogen-bond acceptors (Lipinski definition) is 10. The Bertz CT molecular complexity index is 1120. The Labute approximate surface area is 212 Å². The molecule has 0 bridgehead atoms. The minimum Gasteiger partial charge on any atom is -0.462 e. The first-order valence-corrected chi connectivity index (χ1v) is 11.5. The van der Waals surface area contributed by atoms with Crippen molar-refractivity contribution >= 4 is 40.6 Å². The van der Waals surface area contributed by atoms with Crippen LogP contribution in [0.2, 0.25) is 5.02 Å². The molecule has 0 radical (unpaired) electrons. The van der Waals surface area contributed by atoms with E-state index in [1.807, 2.05) is 7.05 Å². The molecule has 0 atom stereocenters. The summed E-state index contributed by atoms with van der Waals surface area (Å²) in [6, 6.07) is 7.98. The van der Waals surface area contributed by atoms with Gasteiger partial charge in [0.15, 0.2) is 0 Å². The Balaban J connectivity index is 0.000000269. The largest absolute Gasteiger partial charge is 0.462 e. The van der Waals surface area contributed by atoms with Crippen molar-refractivity contribution in [3.63, 3.8) is 0 Å². The van der Waals surface area contributed by atoms with Crippen LogP contribution in [0.3, 0.4) is 0 Å². The van der Waals surface area contributed by atoms with E-state index in [1.165, 1.54) is 24.3 Å². The van der Waals surface area contributed by atoms with Crippen molar-refractivity contribution < 1.29 is 28.9 Å². The number of ether oxygens (including phenoxy) is 2. The predicted molar refractivity (Wildman–Crippen MR) is 133 cm³/mol. The third kappa shape index (κ3) is 7.62. The van der Waals surface area contributed by atoms with Gasteiger partial charge in [-0.3, -0.25) is 20.2 Å². The number of esters is 2. The fourth-order valence-electron chi connectivity index (χ4n) is 3.33. The van der Waals surface area contributed by atoms with Gasteiger partial charge in [-0.2, -0.15) is 0 Å². The number of nitro groups is 2. The van der Waals surface area contributed by atoms with Gasteiger partial charge < -0.3 is 19.3 Å².